The van der Waals surface area contributed by atoms with Crippen molar-refractivity contribution in [2.75, 3.05) is 5.73 Å². The van der Waals surface area contributed by atoms with Crippen LogP contribution in [-0.2, 0) is 7.05 Å². The Morgan fingerprint density at radius 1 is 1.91 bits per heavy atom. The lowest BCUT2D eigenvalue weighted by Gasteiger charge is -1.85. The molecule has 0 fully saturated rings. The molecule has 0 aliphatic heterocycles. The molecule has 0 atom stereocenters. The molecule has 0 aromatic carbocycles. The molecule has 0 amide bonds. The van der Waals surface area contributed by atoms with E-state index in [2.05, 4.69) is 5.10 Å². The minimum atomic E-state index is -0.483. The lowest BCUT2D eigenvalue weighted by molar-refractivity contribution is 0.105. The molecule has 0 saturated heterocycles. The van der Waals surface area contributed by atoms with E-state index in [9.17, 15) is 4.79 Å². The predicted octanol–water partition coefficient (Wildman–Crippen LogP) is -0.182. The molecule has 0 aliphatic rings. The van der Waals surface area contributed by atoms with Crippen molar-refractivity contribution >= 4 is 11.5 Å². The molecule has 1 aromatic heterocycles. The zero-order chi connectivity index (χ0) is 8.43. The number of anilines is 1. The Morgan fingerprint density at radius 2 is 2.55 bits per heavy atom. The standard InChI is InChI=1S/C7H7N3O/c1-3-6(11)7-5(8)4-10(2)9-7/h1,4H,8H2,2H3. The lowest BCUT2D eigenvalue weighted by atomic mass is 10.3. The van der Waals surface area contributed by atoms with E-state index in [0.717, 1.165) is 0 Å². The summed E-state index contributed by atoms with van der Waals surface area (Å²) in [5, 5.41) is 3.78. The Kier molecular flexibility index (Phi) is 1.65. The molecule has 1 rings (SSSR count). The molecule has 2 N–H and O–H groups in total. The summed E-state index contributed by atoms with van der Waals surface area (Å²) < 4.78 is 1.44. The third kappa shape index (κ3) is 1.22. The second-order valence-electron chi connectivity index (χ2n) is 2.08. The van der Waals surface area contributed by atoms with E-state index in [1.807, 2.05) is 5.92 Å². The second kappa shape index (κ2) is 2.46. The van der Waals surface area contributed by atoms with E-state index in [4.69, 9.17) is 12.2 Å². The largest absolute Gasteiger partial charge is 0.396 e. The van der Waals surface area contributed by atoms with E-state index in [1.54, 1.807) is 7.05 Å². The van der Waals surface area contributed by atoms with Gasteiger partial charge in [-0.15, -0.1) is 6.42 Å². The van der Waals surface area contributed by atoms with Crippen molar-refractivity contribution in [3.05, 3.63) is 11.9 Å². The molecule has 0 bridgehead atoms. The first kappa shape index (κ1) is 7.35. The van der Waals surface area contributed by atoms with Crippen LogP contribution in [0.3, 0.4) is 0 Å². The number of hydrogen-bond donors (Lipinski definition) is 1. The smallest absolute Gasteiger partial charge is 0.257 e. The fourth-order valence-electron chi connectivity index (χ4n) is 0.752. The van der Waals surface area contributed by atoms with Gasteiger partial charge in [0.05, 0.1) is 5.69 Å². The van der Waals surface area contributed by atoms with E-state index in [-0.39, 0.29) is 5.69 Å². The highest BCUT2D eigenvalue weighted by Gasteiger charge is 2.10. The highest BCUT2D eigenvalue weighted by Crippen LogP contribution is 2.07. The van der Waals surface area contributed by atoms with Gasteiger partial charge < -0.3 is 5.73 Å². The topological polar surface area (TPSA) is 60.9 Å². The minimum Gasteiger partial charge on any atom is -0.396 e. The molecular formula is C7H7N3O. The third-order valence-electron chi connectivity index (χ3n) is 1.20. The van der Waals surface area contributed by atoms with Crippen LogP contribution in [0.4, 0.5) is 5.69 Å². The molecule has 0 aliphatic carbocycles. The quantitative estimate of drug-likeness (QED) is 0.342. The maximum Gasteiger partial charge on any atom is 0.257 e. The average molecular weight is 149 g/mol. The number of nitrogens with zero attached hydrogens (tertiary/aromatic N) is 2. The summed E-state index contributed by atoms with van der Waals surface area (Å²) >= 11 is 0. The van der Waals surface area contributed by atoms with Gasteiger partial charge in [0.25, 0.3) is 5.78 Å². The first-order valence-electron chi connectivity index (χ1n) is 2.95. The Hall–Kier alpha value is -1.76. The molecule has 0 unspecified atom stereocenters. The van der Waals surface area contributed by atoms with Crippen LogP contribution in [0.5, 0.6) is 0 Å². The van der Waals surface area contributed by atoms with Crippen molar-refractivity contribution in [3.63, 3.8) is 0 Å². The molecular weight excluding hydrogens is 142 g/mol. The first-order chi connectivity index (χ1) is 5.15. The van der Waals surface area contributed by atoms with Crippen molar-refractivity contribution in [2.24, 2.45) is 7.05 Å². The van der Waals surface area contributed by atoms with Crippen LogP contribution in [0.15, 0.2) is 6.20 Å². The van der Waals surface area contributed by atoms with Crippen LogP contribution >= 0.6 is 0 Å². The Bertz CT molecular complexity index is 332. The fraction of sp³-hybridized carbons (Fsp3) is 0.143. The Balaban J connectivity index is 3.15. The van der Waals surface area contributed by atoms with Gasteiger partial charge in [0, 0.05) is 13.2 Å². The highest BCUT2D eigenvalue weighted by atomic mass is 16.1. The summed E-state index contributed by atoms with van der Waals surface area (Å²) in [6.07, 6.45) is 6.41. The summed E-state index contributed by atoms with van der Waals surface area (Å²) in [6, 6.07) is 0. The van der Waals surface area contributed by atoms with Gasteiger partial charge in [-0.1, -0.05) is 0 Å². The number of hydrogen-bond acceptors (Lipinski definition) is 3. The first-order valence-corrected chi connectivity index (χ1v) is 2.95. The number of aromatic nitrogens is 2. The van der Waals surface area contributed by atoms with Gasteiger partial charge >= 0.3 is 0 Å². The summed E-state index contributed by atoms with van der Waals surface area (Å²) in [6.45, 7) is 0. The molecule has 56 valence electrons. The zero-order valence-electron chi connectivity index (χ0n) is 6.03. The van der Waals surface area contributed by atoms with Crippen molar-refractivity contribution in [2.45, 2.75) is 0 Å². The molecule has 4 heteroatoms. The van der Waals surface area contributed by atoms with Gasteiger partial charge in [0.15, 0.2) is 5.69 Å². The maximum atomic E-state index is 10.9. The van der Waals surface area contributed by atoms with Crippen LogP contribution in [-0.4, -0.2) is 15.6 Å². The number of carbonyl (C=O) groups excluding carboxylic acids is 1. The van der Waals surface area contributed by atoms with Crippen LogP contribution in [0, 0.1) is 12.3 Å². The third-order valence-corrected chi connectivity index (χ3v) is 1.20. The number of Topliss-reactive ketones (excluding diaryl/α,β-unsaturated/α-hetero) is 1. The molecule has 1 aromatic rings. The second-order valence-corrected chi connectivity index (χ2v) is 2.08. The average Bonchev–Trinajstić information content (AvgIpc) is 2.28. The predicted molar refractivity (Wildman–Crippen MR) is 40.8 cm³/mol. The fourth-order valence-corrected chi connectivity index (χ4v) is 0.752. The molecule has 0 saturated carbocycles. The van der Waals surface area contributed by atoms with Gasteiger partial charge in [-0.2, -0.15) is 5.10 Å². The Labute approximate surface area is 64.0 Å². The summed E-state index contributed by atoms with van der Waals surface area (Å²) in [5.74, 6) is 1.46. The monoisotopic (exact) mass is 149 g/mol. The van der Waals surface area contributed by atoms with Gasteiger partial charge in [-0.3, -0.25) is 9.48 Å². The number of nitrogen functional groups attached to an aromatic ring is 1. The number of nitrogens with two attached hydrogens (primary N) is 1. The minimum absolute atomic E-state index is 0.148. The lowest BCUT2D eigenvalue weighted by Crippen LogP contribution is -2.00. The van der Waals surface area contributed by atoms with E-state index in [0.29, 0.717) is 5.69 Å². The SMILES string of the molecule is C#CC(=O)c1nn(C)cc1N. The molecule has 0 radical (unpaired) electrons. The van der Waals surface area contributed by atoms with E-state index in [1.165, 1.54) is 10.9 Å². The van der Waals surface area contributed by atoms with Gasteiger partial charge in [-0.25, -0.2) is 0 Å². The molecule has 11 heavy (non-hydrogen) atoms. The maximum absolute atomic E-state index is 10.9. The van der Waals surface area contributed by atoms with Gasteiger partial charge in [-0.05, 0) is 5.92 Å². The van der Waals surface area contributed by atoms with Gasteiger partial charge in [0.1, 0.15) is 0 Å². The van der Waals surface area contributed by atoms with E-state index < -0.39 is 5.78 Å². The van der Waals surface area contributed by atoms with Crippen molar-refractivity contribution in [3.8, 4) is 12.3 Å². The van der Waals surface area contributed by atoms with Crippen LogP contribution in [0.2, 0.25) is 0 Å². The van der Waals surface area contributed by atoms with Gasteiger partial charge in [0.2, 0.25) is 0 Å². The summed E-state index contributed by atoms with van der Waals surface area (Å²) in [7, 11) is 1.67. The highest BCUT2D eigenvalue weighted by molar-refractivity contribution is 6.10. The number of rotatable bonds is 1. The van der Waals surface area contributed by atoms with Crippen LogP contribution in [0.25, 0.3) is 0 Å². The van der Waals surface area contributed by atoms with Crippen molar-refractivity contribution < 1.29 is 4.79 Å². The molecule has 1 heterocycles. The van der Waals surface area contributed by atoms with Crippen molar-refractivity contribution in [1.29, 1.82) is 0 Å². The summed E-state index contributed by atoms with van der Waals surface area (Å²) in [5.41, 5.74) is 5.88. The molecule has 4 nitrogen and oxygen atoms in total. The normalized spacial score (nSPS) is 9.09. The summed E-state index contributed by atoms with van der Waals surface area (Å²) in [4.78, 5) is 10.9. The van der Waals surface area contributed by atoms with E-state index >= 15 is 0 Å². The number of aryl methyl sites for hydroxylation is 1. The molecule has 0 spiro atoms. The Morgan fingerprint density at radius 3 is 2.91 bits per heavy atom. The number of terminal acetylenes is 1. The van der Waals surface area contributed by atoms with Crippen LogP contribution < -0.4 is 5.73 Å². The van der Waals surface area contributed by atoms with Crippen LogP contribution in [0.1, 0.15) is 10.5 Å². The van der Waals surface area contributed by atoms with Crippen molar-refractivity contribution in [1.82, 2.24) is 9.78 Å². The number of carbonyl (C=O) groups is 1. The zero-order valence-corrected chi connectivity index (χ0v) is 6.03. The number of ketones is 1.